The summed E-state index contributed by atoms with van der Waals surface area (Å²) < 4.78 is 18.5. The fourth-order valence-corrected chi connectivity index (χ4v) is 3.69. The van der Waals surface area contributed by atoms with Gasteiger partial charge in [0.1, 0.15) is 11.2 Å². The van der Waals surface area contributed by atoms with Crippen LogP contribution >= 0.6 is 0 Å². The highest BCUT2D eigenvalue weighted by Crippen LogP contribution is 2.38. The van der Waals surface area contributed by atoms with E-state index < -0.39 is 0 Å². The Morgan fingerprint density at radius 3 is 2.19 bits per heavy atom. The van der Waals surface area contributed by atoms with Crippen molar-refractivity contribution >= 4 is 45.3 Å². The van der Waals surface area contributed by atoms with Gasteiger partial charge in [-0.1, -0.05) is 42.5 Å². The van der Waals surface area contributed by atoms with Crippen molar-refractivity contribution in [3.8, 4) is 0 Å². The number of furan rings is 1. The number of rotatable bonds is 1. The molecule has 0 unspecified atom stereocenters. The summed E-state index contributed by atoms with van der Waals surface area (Å²) >= 11 is 0. The highest BCUT2D eigenvalue weighted by atomic mass is 16.7. The van der Waals surface area contributed by atoms with Gasteiger partial charge in [0.05, 0.1) is 11.2 Å². The third-order valence-corrected chi connectivity index (χ3v) is 5.91. The van der Waals surface area contributed by atoms with E-state index in [1.165, 1.54) is 10.8 Å². The minimum Gasteiger partial charge on any atom is -0.456 e. The van der Waals surface area contributed by atoms with Crippen LogP contribution < -0.4 is 5.46 Å². The SMILES string of the molecule is CC1(C)OB(c2ccc3ccc4oc5ccccc5c4c3c2)OC1(C)C. The molecule has 1 aliphatic heterocycles. The first-order valence-electron chi connectivity index (χ1n) is 9.05. The number of hydrogen-bond donors (Lipinski definition) is 0. The molecule has 0 radical (unpaired) electrons. The topological polar surface area (TPSA) is 31.6 Å². The molecule has 0 saturated carbocycles. The molecule has 2 heterocycles. The molecule has 0 amide bonds. The van der Waals surface area contributed by atoms with Crippen LogP contribution in [0.2, 0.25) is 0 Å². The van der Waals surface area contributed by atoms with Gasteiger partial charge in [0, 0.05) is 10.8 Å². The molecule has 130 valence electrons. The lowest BCUT2D eigenvalue weighted by molar-refractivity contribution is 0.00578. The Bertz CT molecular complexity index is 1140. The van der Waals surface area contributed by atoms with Crippen LogP contribution in [0.5, 0.6) is 0 Å². The monoisotopic (exact) mass is 344 g/mol. The first-order valence-corrected chi connectivity index (χ1v) is 9.05. The summed E-state index contributed by atoms with van der Waals surface area (Å²) in [6, 6.07) is 18.7. The van der Waals surface area contributed by atoms with Crippen LogP contribution in [0, 0.1) is 0 Å². The molecule has 0 spiro atoms. The van der Waals surface area contributed by atoms with Gasteiger partial charge >= 0.3 is 7.12 Å². The molecule has 0 N–H and O–H groups in total. The molecule has 3 nitrogen and oxygen atoms in total. The summed E-state index contributed by atoms with van der Waals surface area (Å²) in [5.74, 6) is 0. The van der Waals surface area contributed by atoms with E-state index in [9.17, 15) is 0 Å². The first-order chi connectivity index (χ1) is 12.4. The molecule has 0 aliphatic carbocycles. The average Bonchev–Trinajstić information content (AvgIpc) is 3.08. The highest BCUT2D eigenvalue weighted by Gasteiger charge is 2.51. The molecule has 5 rings (SSSR count). The van der Waals surface area contributed by atoms with Gasteiger partial charge in [0.15, 0.2) is 0 Å². The van der Waals surface area contributed by atoms with E-state index in [0.29, 0.717) is 0 Å². The Labute approximate surface area is 153 Å². The zero-order valence-electron chi connectivity index (χ0n) is 15.5. The average molecular weight is 344 g/mol. The van der Waals surface area contributed by atoms with Crippen LogP contribution in [0.1, 0.15) is 27.7 Å². The summed E-state index contributed by atoms with van der Waals surface area (Å²) in [5.41, 5.74) is 2.16. The maximum Gasteiger partial charge on any atom is 0.494 e. The van der Waals surface area contributed by atoms with Crippen molar-refractivity contribution in [1.82, 2.24) is 0 Å². The van der Waals surface area contributed by atoms with Gasteiger partial charge in [0.2, 0.25) is 0 Å². The van der Waals surface area contributed by atoms with Gasteiger partial charge in [-0.05, 0) is 56.1 Å². The van der Waals surface area contributed by atoms with Crippen molar-refractivity contribution in [1.29, 1.82) is 0 Å². The normalized spacial score (nSPS) is 19.0. The molecule has 1 aliphatic rings. The van der Waals surface area contributed by atoms with Gasteiger partial charge in [-0.25, -0.2) is 0 Å². The highest BCUT2D eigenvalue weighted by molar-refractivity contribution is 6.62. The second-order valence-corrected chi connectivity index (χ2v) is 8.11. The Morgan fingerprint density at radius 1 is 0.731 bits per heavy atom. The predicted molar refractivity (Wildman–Crippen MR) is 107 cm³/mol. The molecule has 0 bridgehead atoms. The van der Waals surface area contributed by atoms with Crippen LogP contribution in [0.15, 0.2) is 59.0 Å². The zero-order valence-corrected chi connectivity index (χ0v) is 15.5. The fraction of sp³-hybridized carbons (Fsp3) is 0.273. The number of benzene rings is 3. The number of fused-ring (bicyclic) bond motifs is 5. The van der Waals surface area contributed by atoms with Crippen molar-refractivity contribution in [3.05, 3.63) is 54.6 Å². The third kappa shape index (κ3) is 2.16. The minimum atomic E-state index is -0.363. The fourth-order valence-electron chi connectivity index (χ4n) is 3.69. The van der Waals surface area contributed by atoms with Crippen LogP contribution in [0.4, 0.5) is 0 Å². The van der Waals surface area contributed by atoms with Crippen molar-refractivity contribution in [3.63, 3.8) is 0 Å². The van der Waals surface area contributed by atoms with E-state index in [1.807, 2.05) is 24.3 Å². The second kappa shape index (κ2) is 5.12. The lowest BCUT2D eigenvalue weighted by Crippen LogP contribution is -2.41. The molecular weight excluding hydrogens is 323 g/mol. The van der Waals surface area contributed by atoms with E-state index in [-0.39, 0.29) is 18.3 Å². The van der Waals surface area contributed by atoms with Crippen LogP contribution in [-0.2, 0) is 9.31 Å². The minimum absolute atomic E-state index is 0.346. The molecule has 1 aromatic heterocycles. The van der Waals surface area contributed by atoms with E-state index in [0.717, 1.165) is 27.4 Å². The number of para-hydroxylation sites is 1. The van der Waals surface area contributed by atoms with Gasteiger partial charge in [-0.15, -0.1) is 0 Å². The summed E-state index contributed by atoms with van der Waals surface area (Å²) in [6.45, 7) is 8.32. The van der Waals surface area contributed by atoms with Gasteiger partial charge in [-0.3, -0.25) is 0 Å². The molecule has 0 atom stereocenters. The predicted octanol–water partition coefficient (Wildman–Crippen LogP) is 5.04. The Hall–Kier alpha value is -2.30. The van der Waals surface area contributed by atoms with Crippen LogP contribution in [-0.4, -0.2) is 18.3 Å². The lowest BCUT2D eigenvalue weighted by atomic mass is 9.78. The van der Waals surface area contributed by atoms with Crippen molar-refractivity contribution in [2.45, 2.75) is 38.9 Å². The molecule has 4 aromatic rings. The molecule has 1 fully saturated rings. The largest absolute Gasteiger partial charge is 0.494 e. The van der Waals surface area contributed by atoms with Gasteiger partial charge < -0.3 is 13.7 Å². The summed E-state index contributed by atoms with van der Waals surface area (Å²) in [6.07, 6.45) is 0. The summed E-state index contributed by atoms with van der Waals surface area (Å²) in [7, 11) is -0.363. The maximum absolute atomic E-state index is 6.23. The third-order valence-electron chi connectivity index (χ3n) is 5.91. The van der Waals surface area contributed by atoms with Crippen molar-refractivity contribution in [2.75, 3.05) is 0 Å². The Morgan fingerprint density at radius 2 is 1.42 bits per heavy atom. The van der Waals surface area contributed by atoms with Gasteiger partial charge in [-0.2, -0.15) is 0 Å². The molecule has 4 heteroatoms. The van der Waals surface area contributed by atoms with E-state index >= 15 is 0 Å². The van der Waals surface area contributed by atoms with E-state index in [4.69, 9.17) is 13.7 Å². The first kappa shape index (κ1) is 15.9. The van der Waals surface area contributed by atoms with Crippen LogP contribution in [0.3, 0.4) is 0 Å². The lowest BCUT2D eigenvalue weighted by Gasteiger charge is -2.32. The molecule has 1 saturated heterocycles. The van der Waals surface area contributed by atoms with Crippen molar-refractivity contribution in [2.24, 2.45) is 0 Å². The Kier molecular flexibility index (Phi) is 3.14. The second-order valence-electron chi connectivity index (χ2n) is 8.11. The Balaban J connectivity index is 1.73. The molecule has 3 aromatic carbocycles. The summed E-state index contributed by atoms with van der Waals surface area (Å²) in [4.78, 5) is 0. The van der Waals surface area contributed by atoms with Gasteiger partial charge in [0.25, 0.3) is 0 Å². The quantitative estimate of drug-likeness (QED) is 0.454. The van der Waals surface area contributed by atoms with E-state index in [2.05, 4.69) is 58.0 Å². The van der Waals surface area contributed by atoms with Crippen LogP contribution in [0.25, 0.3) is 32.7 Å². The molecular formula is C22H21BO3. The zero-order chi connectivity index (χ0) is 18.1. The van der Waals surface area contributed by atoms with Crippen molar-refractivity contribution < 1.29 is 13.7 Å². The standard InChI is InChI=1S/C22H21BO3/c1-21(2)22(3,4)26-23(25-21)15-11-9-14-10-12-19-20(17(14)13-15)16-7-5-6-8-18(16)24-19/h5-13H,1-4H3. The number of hydrogen-bond acceptors (Lipinski definition) is 3. The molecule has 26 heavy (non-hydrogen) atoms. The van der Waals surface area contributed by atoms with E-state index in [1.54, 1.807) is 0 Å². The summed E-state index contributed by atoms with van der Waals surface area (Å²) in [5, 5.41) is 4.64. The smallest absolute Gasteiger partial charge is 0.456 e. The maximum atomic E-state index is 6.23.